The Morgan fingerprint density at radius 3 is 0.959 bits per heavy atom. The van der Waals surface area contributed by atoms with E-state index in [1.165, 1.54) is 109 Å². The van der Waals surface area contributed by atoms with Gasteiger partial charge in [0, 0.05) is 234 Å². The molecular formula is C96H181N3O45S4. The third-order valence-corrected chi connectivity index (χ3v) is 33.3. The minimum atomic E-state index is -1.72. The van der Waals surface area contributed by atoms with E-state index in [-0.39, 0.29) is 90.2 Å². The lowest BCUT2D eigenvalue weighted by atomic mass is 9.69. The van der Waals surface area contributed by atoms with Crippen LogP contribution in [0.15, 0.2) is 0 Å². The number of fused-ring (bicyclic) bond motifs is 1. The zero-order chi connectivity index (χ0) is 109. The lowest BCUT2D eigenvalue weighted by Crippen LogP contribution is -2.78. The van der Waals surface area contributed by atoms with E-state index in [0.717, 1.165) is 24.7 Å². The molecule has 0 amide bonds. The van der Waals surface area contributed by atoms with Crippen molar-refractivity contribution in [1.29, 1.82) is 0 Å². The van der Waals surface area contributed by atoms with Gasteiger partial charge in [-0.15, -0.1) is 0 Å². The zero-order valence-electron chi connectivity index (χ0n) is 92.0. The summed E-state index contributed by atoms with van der Waals surface area (Å²) in [6.45, 7) is 5.22. The highest BCUT2D eigenvalue weighted by atomic mass is 32.2. The summed E-state index contributed by atoms with van der Waals surface area (Å²) >= 11 is 10.7. The van der Waals surface area contributed by atoms with Crippen LogP contribution in [0, 0.1) is 11.8 Å². The topological polar surface area (TPSA) is 510 Å². The molecule has 52 heteroatoms. The maximum Gasteiger partial charge on any atom is 0.187 e. The number of aliphatic hydroxyl groups is 5. The van der Waals surface area contributed by atoms with Crippen LogP contribution in [0.3, 0.4) is 0 Å². The molecule has 10 rings (SSSR count). The molecule has 10 aliphatic rings. The van der Waals surface area contributed by atoms with Crippen molar-refractivity contribution in [2.24, 2.45) is 11.8 Å². The summed E-state index contributed by atoms with van der Waals surface area (Å²) in [6.07, 6.45) is -25.0. The quantitative estimate of drug-likeness (QED) is 0.0172. The smallest absolute Gasteiger partial charge is 0.187 e. The van der Waals surface area contributed by atoms with Gasteiger partial charge < -0.3 is 231 Å². The lowest BCUT2D eigenvalue weighted by Gasteiger charge is -2.56. The van der Waals surface area contributed by atoms with Crippen LogP contribution in [0.2, 0.25) is 0 Å². The molecule has 0 spiro atoms. The van der Waals surface area contributed by atoms with E-state index >= 15 is 0 Å². The number of methoxy groups -OCH3 is 28. The van der Waals surface area contributed by atoms with E-state index in [2.05, 4.69) is 41.2 Å². The first kappa shape index (κ1) is 133. The second-order valence-corrected chi connectivity index (χ2v) is 41.0. The summed E-state index contributed by atoms with van der Waals surface area (Å²) in [6, 6.07) is -3.55. The molecule has 0 radical (unpaired) electrons. The van der Waals surface area contributed by atoms with Crippen LogP contribution in [0.25, 0.3) is 0 Å². The van der Waals surface area contributed by atoms with E-state index in [0.29, 0.717) is 18.1 Å². The first-order valence-electron chi connectivity index (χ1n) is 49.9. The van der Waals surface area contributed by atoms with Crippen molar-refractivity contribution in [3.63, 3.8) is 0 Å². The standard InChI is InChI=1S/C63H118N2O30S2.C29H53NO14.C4H10OS2/c1-32-38(46(77-9)53(84-16)60(90-32)94-45-37(29-72-4)93-59(88-20)55(86-18)51(45)82-14)64-40-48(79-11)42(75-7)33(25-66)62(68,30-73-5)57(40)96-23-21-89-22-24-97-58-41(49(80-12)52(83-15)56(87-19)63(58,69)31-74-6)65-39-35(27-70-2)92-61(54(85-17)47(39)78-10)95-44-36(28-71-3)91-34(26-67)43(76-8)50(44)81-13;1-14-17(30-18-22(36-6)19(34-4)15(11-31)29(13-33-3)26(18)44-29)21(35-5)24(38-8)28(41-14)43-20-16(12-32-2)42-27(40-10)25(39-9)23(20)37-7;6-3-1-5-2-4-7/h32-61,64-69H,21-31H2,1-20H3;14-28,30-31H,11-13H2,1-10H3;6-7H,1-4H2/t32?,33-,34-,35?,36?,37?,38+,39-,40+,41-,42?,43+,44-,45+,46?,47?,48-,49+,50?,51?,52?,53+,54-,55+,56+,57?,58?,59-,60+,61-,62?,63?;14?,15-,16?,17+,18+,19-,20+,21-,22?,23-,24?,25?,26?,27-,28+,29?;/m11./s1. The number of hydrogen-bond donors (Lipinski definition) is 10. The Labute approximate surface area is 893 Å². The van der Waals surface area contributed by atoms with E-state index in [1.54, 1.807) is 114 Å². The number of rotatable bonds is 62. The molecule has 48 nitrogen and oxygen atoms in total. The summed E-state index contributed by atoms with van der Waals surface area (Å²) in [7, 11) is 43.5. The molecule has 0 aromatic heterocycles. The maximum atomic E-state index is 13.2. The van der Waals surface area contributed by atoms with Crippen molar-refractivity contribution >= 4 is 48.8 Å². The number of ether oxygens (including phenoxy) is 40. The molecule has 0 aromatic rings. The van der Waals surface area contributed by atoms with Crippen LogP contribution in [-0.2, 0) is 189 Å². The van der Waals surface area contributed by atoms with Crippen LogP contribution >= 0.6 is 48.8 Å². The Morgan fingerprint density at radius 2 is 0.588 bits per heavy atom. The summed E-state index contributed by atoms with van der Waals surface area (Å²) in [4.78, 5) is 0. The molecule has 7 saturated heterocycles. The van der Waals surface area contributed by atoms with Crippen molar-refractivity contribution in [3.05, 3.63) is 0 Å². The fourth-order valence-electron chi connectivity index (χ4n) is 23.3. The molecule has 874 valence electrons. The van der Waals surface area contributed by atoms with Gasteiger partial charge in [0.25, 0.3) is 0 Å². The molecule has 3 aliphatic carbocycles. The van der Waals surface area contributed by atoms with Crippen LogP contribution in [0.4, 0.5) is 0 Å². The van der Waals surface area contributed by atoms with Gasteiger partial charge in [-0.2, -0.15) is 48.8 Å². The van der Waals surface area contributed by atoms with Gasteiger partial charge in [-0.05, 0) is 13.8 Å². The molecule has 0 bridgehead atoms. The maximum absolute atomic E-state index is 13.2. The SMILES string of the molecule is COCC1O[C@@H](OC)C(OC)[C@H](OC)[C@H]1O[C@@H]1OC(C)[C@H](N[C@H]2C(OC)[C@H](OC)[C@@H](CO)C3(COC)OC23)[C@@H](OC)C1OC.COCC1O[C@H](O[C@@H]2C(COC)O[C@H](CO)[C@H](OC)C2OC)[C@H](OC)C(OC)[C@@H]1N[C@H]1C(SCCOCCSC2[C@@H](N[C@H]3C(C)O[C@@H](O[C@H]4C(COC)O[C@@H](OC)[C@@H](OC)C4OC)[C@@H](OC)C3OC)[C@@H](OC)C(OC)[C@@H](CO)C2(O)COC)C(O)(COC)[C@@H](OC)C(OC)[C@H]1OC.SCCOCCS. The van der Waals surface area contributed by atoms with Crippen LogP contribution in [-0.4, -0.2) is 618 Å². The van der Waals surface area contributed by atoms with Crippen LogP contribution in [0.5, 0.6) is 0 Å². The molecule has 10 fully saturated rings. The molecule has 7 heterocycles. The van der Waals surface area contributed by atoms with E-state index in [4.69, 9.17) is 189 Å². The monoisotopic (exact) mass is 2220 g/mol. The Kier molecular flexibility index (Phi) is 59.8. The molecule has 21 unspecified atom stereocenters. The largest absolute Gasteiger partial charge is 0.396 e. The number of nitrogens with one attached hydrogen (secondary N) is 3. The molecule has 48 atom stereocenters. The molecule has 0 aromatic carbocycles. The molecule has 7 aliphatic heterocycles. The molecule has 8 N–H and O–H groups in total. The Bertz CT molecular complexity index is 3520. The van der Waals surface area contributed by atoms with Crippen LogP contribution in [0.1, 0.15) is 13.8 Å². The summed E-state index contributed by atoms with van der Waals surface area (Å²) in [5.41, 5.74) is -4.15. The average Bonchev–Trinajstić information content (AvgIpc) is 1.52. The third-order valence-electron chi connectivity index (χ3n) is 30.0. The van der Waals surface area contributed by atoms with Gasteiger partial charge in [0.2, 0.25) is 0 Å². The number of hydrogen-bond acceptors (Lipinski definition) is 52. The van der Waals surface area contributed by atoms with Gasteiger partial charge >= 0.3 is 0 Å². The molecule has 3 saturated carbocycles. The normalized spacial score (nSPS) is 43.2. The van der Waals surface area contributed by atoms with Crippen molar-refractivity contribution in [3.8, 4) is 0 Å². The highest BCUT2D eigenvalue weighted by Crippen LogP contribution is 2.54. The Hall–Kier alpha value is -0.520. The minimum Gasteiger partial charge on any atom is -0.396 e. The molecule has 148 heavy (non-hydrogen) atoms. The number of epoxide rings is 1. The van der Waals surface area contributed by atoms with Gasteiger partial charge in [-0.3, -0.25) is 0 Å². The van der Waals surface area contributed by atoms with Crippen molar-refractivity contribution in [2.75, 3.05) is 315 Å². The molecular weight excluding hydrogens is 2040 g/mol. The minimum absolute atomic E-state index is 0.0462. The number of thioether (sulfide) groups is 2. The highest BCUT2D eigenvalue weighted by molar-refractivity contribution is 8.00. The van der Waals surface area contributed by atoms with Gasteiger partial charge in [0.15, 0.2) is 31.5 Å². The fourth-order valence-corrected chi connectivity index (χ4v) is 26.4. The second-order valence-electron chi connectivity index (χ2n) is 37.6. The average molecular weight is 2230 g/mol. The van der Waals surface area contributed by atoms with Gasteiger partial charge in [-0.1, -0.05) is 0 Å². The van der Waals surface area contributed by atoms with Crippen LogP contribution < -0.4 is 16.0 Å². The Morgan fingerprint density at radius 1 is 0.270 bits per heavy atom. The summed E-state index contributed by atoms with van der Waals surface area (Å²) < 4.78 is 243. The summed E-state index contributed by atoms with van der Waals surface area (Å²) in [5.74, 6) is 1.08. The van der Waals surface area contributed by atoms with Crippen molar-refractivity contribution < 1.29 is 215 Å². The van der Waals surface area contributed by atoms with Crippen molar-refractivity contribution in [1.82, 2.24) is 16.0 Å². The van der Waals surface area contributed by atoms with E-state index in [1.807, 2.05) is 13.8 Å². The van der Waals surface area contributed by atoms with Gasteiger partial charge in [0.1, 0.15) is 176 Å². The predicted octanol–water partition coefficient (Wildman–Crippen LogP) is -2.42. The second kappa shape index (κ2) is 66.8. The lowest BCUT2D eigenvalue weighted by molar-refractivity contribution is -0.355. The van der Waals surface area contributed by atoms with E-state index < -0.39 is 272 Å². The predicted molar refractivity (Wildman–Crippen MR) is 540 cm³/mol. The fraction of sp³-hybridized carbons (Fsp3) is 1.00. The van der Waals surface area contributed by atoms with Gasteiger partial charge in [0.05, 0.1) is 164 Å². The first-order chi connectivity index (χ1) is 71.6. The van der Waals surface area contributed by atoms with E-state index in [9.17, 15) is 25.5 Å². The Balaban J connectivity index is 0.000000430. The number of thiol groups is 2. The summed E-state index contributed by atoms with van der Waals surface area (Å²) in [5, 5.41) is 67.8. The first-order valence-corrected chi connectivity index (χ1v) is 53.2. The highest BCUT2D eigenvalue weighted by Gasteiger charge is 2.74. The third kappa shape index (κ3) is 30.3. The zero-order valence-corrected chi connectivity index (χ0v) is 95.4. The van der Waals surface area contributed by atoms with Gasteiger partial charge in [-0.25, -0.2) is 0 Å². The number of aliphatic hydroxyl groups excluding tert-OH is 3. The van der Waals surface area contributed by atoms with Crippen molar-refractivity contribution in [2.45, 2.75) is 292 Å².